The van der Waals surface area contributed by atoms with Gasteiger partial charge in [-0.2, -0.15) is 0 Å². The summed E-state index contributed by atoms with van der Waals surface area (Å²) in [5, 5.41) is 10.5. The summed E-state index contributed by atoms with van der Waals surface area (Å²) in [6, 6.07) is 14.0. The van der Waals surface area contributed by atoms with Gasteiger partial charge in [0.25, 0.3) is 0 Å². The van der Waals surface area contributed by atoms with E-state index in [1.54, 1.807) is 76.2 Å². The molecule has 0 heterocycles. The van der Waals surface area contributed by atoms with Gasteiger partial charge in [-0.25, -0.2) is 0 Å². The van der Waals surface area contributed by atoms with Gasteiger partial charge < -0.3 is 27.9 Å². The summed E-state index contributed by atoms with van der Waals surface area (Å²) < 4.78 is 56.5. The Morgan fingerprint density at radius 2 is 1.27 bits per heavy atom. The average Bonchev–Trinajstić information content (AvgIpc) is 2.85. The van der Waals surface area contributed by atoms with Crippen LogP contribution in [0, 0.1) is 0 Å². The number of benzene rings is 2. The van der Waals surface area contributed by atoms with Crippen molar-refractivity contribution in [2.75, 3.05) is 33.5 Å². The van der Waals surface area contributed by atoms with Crippen LogP contribution in [0.5, 0.6) is 5.75 Å². The Morgan fingerprint density at radius 1 is 0.811 bits per heavy atom. The molecule has 2 aromatic rings. The van der Waals surface area contributed by atoms with Crippen molar-refractivity contribution in [3.63, 3.8) is 0 Å². The predicted octanol–water partition coefficient (Wildman–Crippen LogP) is 6.14. The fraction of sp³-hybridized carbons (Fsp3) is 0.480. The van der Waals surface area contributed by atoms with E-state index in [-0.39, 0.29) is 33.0 Å². The van der Waals surface area contributed by atoms with E-state index in [4.69, 9.17) is 22.8 Å². The molecule has 2 rings (SSSR count). The SMILES string of the molecule is CCOP(=O)(OCC)C(N(Cc1ccccc1)C(C(=O)O)c1ccc(OC)cc1)P(=O)(OCC)OCC. The van der Waals surface area contributed by atoms with E-state index in [0.29, 0.717) is 16.9 Å². The Morgan fingerprint density at radius 3 is 1.65 bits per heavy atom. The molecule has 0 spiro atoms. The van der Waals surface area contributed by atoms with Crippen LogP contribution in [0.25, 0.3) is 0 Å². The second-order valence-corrected chi connectivity index (χ2v) is 12.3. The van der Waals surface area contributed by atoms with Crippen molar-refractivity contribution in [2.24, 2.45) is 0 Å². The fourth-order valence-corrected chi connectivity index (χ4v) is 9.42. The molecule has 1 N–H and O–H groups in total. The summed E-state index contributed by atoms with van der Waals surface area (Å²) in [5.41, 5.74) is -0.650. The van der Waals surface area contributed by atoms with Crippen LogP contribution in [0.2, 0.25) is 0 Å². The highest BCUT2D eigenvalue weighted by Gasteiger charge is 2.57. The number of aliphatic carboxylic acids is 1. The van der Waals surface area contributed by atoms with Crippen molar-refractivity contribution in [1.29, 1.82) is 0 Å². The molecule has 12 heteroatoms. The summed E-state index contributed by atoms with van der Waals surface area (Å²) in [6.07, 6.45) is 0. The lowest BCUT2D eigenvalue weighted by atomic mass is 10.0. The van der Waals surface area contributed by atoms with Gasteiger partial charge in [0, 0.05) is 6.54 Å². The van der Waals surface area contributed by atoms with Gasteiger partial charge in [0.1, 0.15) is 11.8 Å². The topological polar surface area (TPSA) is 121 Å². The summed E-state index contributed by atoms with van der Waals surface area (Å²) in [6.45, 7) is 6.27. The molecule has 1 unspecified atom stereocenters. The van der Waals surface area contributed by atoms with Gasteiger partial charge in [0.05, 0.1) is 33.5 Å². The van der Waals surface area contributed by atoms with Crippen LogP contribution < -0.4 is 4.74 Å². The standard InChI is InChI=1S/C25H37NO9P2/c1-6-32-36(29,33-7-2)25(37(30,34-8-3)35-9-4)26(19-20-13-11-10-12-14-20)23(24(27)28)21-15-17-22(31-5)18-16-21/h10-18,23,25H,6-9,19H2,1-5H3,(H,27,28). The quantitative estimate of drug-likeness (QED) is 0.227. The van der Waals surface area contributed by atoms with Gasteiger partial charge in [-0.1, -0.05) is 42.5 Å². The van der Waals surface area contributed by atoms with Crippen molar-refractivity contribution >= 4 is 21.2 Å². The Labute approximate surface area is 218 Å². The highest BCUT2D eigenvalue weighted by atomic mass is 31.2. The molecule has 0 saturated heterocycles. The first-order valence-electron chi connectivity index (χ1n) is 12.1. The molecule has 10 nitrogen and oxygen atoms in total. The maximum absolute atomic E-state index is 14.4. The molecule has 0 fully saturated rings. The number of hydrogen-bond acceptors (Lipinski definition) is 9. The van der Waals surface area contributed by atoms with Crippen LogP contribution in [0.3, 0.4) is 0 Å². The normalized spacial score (nSPS) is 13.2. The first-order chi connectivity index (χ1) is 17.7. The van der Waals surface area contributed by atoms with E-state index in [1.165, 1.54) is 12.0 Å². The van der Waals surface area contributed by atoms with E-state index in [1.807, 2.05) is 6.07 Å². The van der Waals surface area contributed by atoms with Gasteiger partial charge in [-0.05, 0) is 51.0 Å². The molecule has 0 bridgehead atoms. The van der Waals surface area contributed by atoms with Gasteiger partial charge >= 0.3 is 21.2 Å². The molecule has 1 atom stereocenters. The van der Waals surface area contributed by atoms with Crippen molar-refractivity contribution < 1.29 is 41.9 Å². The lowest BCUT2D eigenvalue weighted by Gasteiger charge is -2.41. The molecule has 0 radical (unpaired) electrons. The van der Waals surface area contributed by atoms with E-state index in [9.17, 15) is 19.0 Å². The van der Waals surface area contributed by atoms with Gasteiger partial charge in [-0.15, -0.1) is 0 Å². The average molecular weight is 558 g/mol. The summed E-state index contributed by atoms with van der Waals surface area (Å²) in [7, 11) is -7.11. The Balaban J connectivity index is 2.88. The minimum Gasteiger partial charge on any atom is -0.497 e. The molecule has 0 amide bonds. The highest BCUT2D eigenvalue weighted by Crippen LogP contribution is 2.72. The van der Waals surface area contributed by atoms with Crippen molar-refractivity contribution in [1.82, 2.24) is 4.90 Å². The molecule has 0 aliphatic rings. The Bertz CT molecular complexity index is 1020. The Kier molecular flexibility index (Phi) is 12.5. The first-order valence-corrected chi connectivity index (χ1v) is 15.4. The van der Waals surface area contributed by atoms with Gasteiger partial charge in [0.15, 0.2) is 0 Å². The molecular formula is C25H37NO9P2. The number of methoxy groups -OCH3 is 1. The molecule has 0 aromatic heterocycles. The second kappa shape index (κ2) is 14.8. The number of ether oxygens (including phenoxy) is 1. The number of carbonyl (C=O) groups is 1. The lowest BCUT2D eigenvalue weighted by Crippen LogP contribution is -2.42. The van der Waals surface area contributed by atoms with Crippen molar-refractivity contribution in [2.45, 2.75) is 45.8 Å². The fourth-order valence-electron chi connectivity index (χ4n) is 3.96. The zero-order valence-electron chi connectivity index (χ0n) is 21.9. The van der Waals surface area contributed by atoms with Crippen LogP contribution in [0.1, 0.15) is 44.9 Å². The highest BCUT2D eigenvalue weighted by molar-refractivity contribution is 7.72. The molecule has 37 heavy (non-hydrogen) atoms. The molecule has 0 saturated carbocycles. The molecule has 0 aliphatic heterocycles. The molecular weight excluding hydrogens is 520 g/mol. The van der Waals surface area contributed by atoms with Crippen LogP contribution in [-0.2, 0) is 38.6 Å². The van der Waals surface area contributed by atoms with E-state index in [0.717, 1.165) is 0 Å². The smallest absolute Gasteiger partial charge is 0.360 e. The number of hydrogen-bond donors (Lipinski definition) is 1. The third kappa shape index (κ3) is 7.98. The first kappa shape index (κ1) is 31.2. The largest absolute Gasteiger partial charge is 0.497 e. The van der Waals surface area contributed by atoms with Gasteiger partial charge in [-0.3, -0.25) is 18.8 Å². The maximum Gasteiger partial charge on any atom is 0.360 e. The van der Waals surface area contributed by atoms with E-state index < -0.39 is 32.7 Å². The minimum atomic E-state index is -4.31. The summed E-state index contributed by atoms with van der Waals surface area (Å²) >= 11 is 0. The number of carboxylic acid groups (broad SMARTS) is 1. The Hall–Kier alpha value is -2.03. The van der Waals surface area contributed by atoms with Crippen LogP contribution in [-0.4, -0.2) is 55.0 Å². The second-order valence-electron chi connectivity index (χ2n) is 7.77. The third-order valence-electron chi connectivity index (χ3n) is 5.30. The zero-order chi connectivity index (χ0) is 27.5. The summed E-state index contributed by atoms with van der Waals surface area (Å²) in [4.78, 5) is 14.2. The van der Waals surface area contributed by atoms with Crippen LogP contribution in [0.15, 0.2) is 54.6 Å². The van der Waals surface area contributed by atoms with E-state index >= 15 is 0 Å². The molecule has 206 valence electrons. The zero-order valence-corrected chi connectivity index (χ0v) is 23.7. The van der Waals surface area contributed by atoms with Crippen LogP contribution >= 0.6 is 15.2 Å². The lowest BCUT2D eigenvalue weighted by molar-refractivity contribution is -0.144. The monoisotopic (exact) mass is 557 g/mol. The van der Waals surface area contributed by atoms with Gasteiger partial charge in [0.2, 0.25) is 5.52 Å². The van der Waals surface area contributed by atoms with Crippen molar-refractivity contribution in [3.05, 3.63) is 65.7 Å². The van der Waals surface area contributed by atoms with E-state index in [2.05, 4.69) is 0 Å². The number of nitrogens with zero attached hydrogens (tertiary/aromatic N) is 1. The summed E-state index contributed by atoms with van der Waals surface area (Å²) in [5.74, 6) is -0.729. The third-order valence-corrected chi connectivity index (χ3v) is 11.2. The molecule has 2 aromatic carbocycles. The number of rotatable bonds is 17. The maximum atomic E-state index is 14.4. The van der Waals surface area contributed by atoms with Crippen LogP contribution in [0.4, 0.5) is 0 Å². The minimum absolute atomic E-state index is 0.0362. The molecule has 0 aliphatic carbocycles. The van der Waals surface area contributed by atoms with Crippen molar-refractivity contribution in [3.8, 4) is 5.75 Å². The number of carboxylic acids is 1. The predicted molar refractivity (Wildman–Crippen MR) is 141 cm³/mol.